The highest BCUT2D eigenvalue weighted by molar-refractivity contribution is 7.92. The lowest BCUT2D eigenvalue weighted by Gasteiger charge is -2.20. The van der Waals surface area contributed by atoms with E-state index in [0.29, 0.717) is 28.8 Å². The van der Waals surface area contributed by atoms with E-state index >= 15 is 0 Å². The first-order valence-corrected chi connectivity index (χ1v) is 12.0. The number of nitrogens with zero attached hydrogens (tertiary/aromatic N) is 2. The minimum absolute atomic E-state index is 0.0129. The maximum Gasteiger partial charge on any atom is 0.261 e. The molecule has 0 bridgehead atoms. The van der Waals surface area contributed by atoms with E-state index in [2.05, 4.69) is 39.9 Å². The minimum Gasteiger partial charge on any atom is -0.324 e. The molecule has 0 radical (unpaired) electrons. The molecular weight excluding hydrogens is 427 g/mol. The summed E-state index contributed by atoms with van der Waals surface area (Å²) in [7, 11) is -3.91. The first kappa shape index (κ1) is 23.7. The van der Waals surface area contributed by atoms with Crippen molar-refractivity contribution >= 4 is 27.3 Å². The molecule has 3 aromatic rings. The third kappa shape index (κ3) is 5.07. The van der Waals surface area contributed by atoms with Crippen LogP contribution in [-0.4, -0.2) is 18.4 Å². The van der Waals surface area contributed by atoms with Gasteiger partial charge in [0, 0.05) is 18.0 Å². The Morgan fingerprint density at radius 2 is 1.53 bits per heavy atom. The van der Waals surface area contributed by atoms with Crippen LogP contribution >= 0.6 is 0 Å². The van der Waals surface area contributed by atoms with Crippen LogP contribution in [0, 0.1) is 19.7 Å². The normalized spacial score (nSPS) is 11.8. The van der Waals surface area contributed by atoms with Gasteiger partial charge in [-0.3, -0.25) is 4.72 Å². The first-order chi connectivity index (χ1) is 15.0. The molecule has 6 nitrogen and oxygen atoms in total. The van der Waals surface area contributed by atoms with Crippen molar-refractivity contribution in [3.63, 3.8) is 0 Å². The third-order valence-corrected chi connectivity index (χ3v) is 6.70. The number of anilines is 3. The molecule has 0 amide bonds. The molecule has 8 heteroatoms. The summed E-state index contributed by atoms with van der Waals surface area (Å²) in [5, 5.41) is 3.24. The largest absolute Gasteiger partial charge is 0.324 e. The van der Waals surface area contributed by atoms with Crippen molar-refractivity contribution in [3.8, 4) is 0 Å². The predicted octanol–water partition coefficient (Wildman–Crippen LogP) is 6.02. The van der Waals surface area contributed by atoms with E-state index in [1.54, 1.807) is 6.20 Å². The lowest BCUT2D eigenvalue weighted by atomic mass is 10.0. The number of halogens is 1. The molecule has 0 atom stereocenters. The van der Waals surface area contributed by atoms with Gasteiger partial charge in [-0.1, -0.05) is 33.8 Å². The van der Waals surface area contributed by atoms with Gasteiger partial charge in [-0.25, -0.2) is 22.8 Å². The zero-order valence-electron chi connectivity index (χ0n) is 19.2. The fourth-order valence-corrected chi connectivity index (χ4v) is 4.44. The predicted molar refractivity (Wildman–Crippen MR) is 127 cm³/mol. The second-order valence-corrected chi connectivity index (χ2v) is 10.2. The Hall–Kier alpha value is -3.00. The van der Waals surface area contributed by atoms with E-state index < -0.39 is 15.8 Å². The van der Waals surface area contributed by atoms with Crippen molar-refractivity contribution in [2.24, 2.45) is 0 Å². The van der Waals surface area contributed by atoms with E-state index in [4.69, 9.17) is 0 Å². The SMILES string of the molecule is Cc1cc(C(C)C)cnc1Nc1ncc(C(C)C)c(NS(=O)(=O)c2ccc(F)cc2)c1C. The second kappa shape index (κ2) is 9.24. The molecule has 2 aromatic heterocycles. The van der Waals surface area contributed by atoms with Gasteiger partial charge in [0.05, 0.1) is 10.6 Å². The molecule has 0 fully saturated rings. The third-order valence-electron chi connectivity index (χ3n) is 5.34. The molecule has 0 saturated heterocycles. The van der Waals surface area contributed by atoms with Gasteiger partial charge in [0.1, 0.15) is 17.5 Å². The molecule has 0 aliphatic heterocycles. The molecule has 1 aromatic carbocycles. The Kier molecular flexibility index (Phi) is 6.83. The number of sulfonamides is 1. The molecule has 0 aliphatic carbocycles. The van der Waals surface area contributed by atoms with Gasteiger partial charge in [-0.15, -0.1) is 0 Å². The van der Waals surface area contributed by atoms with Crippen molar-refractivity contribution in [2.45, 2.75) is 58.3 Å². The highest BCUT2D eigenvalue weighted by Gasteiger charge is 2.21. The average Bonchev–Trinajstić information content (AvgIpc) is 2.72. The number of benzene rings is 1. The van der Waals surface area contributed by atoms with Crippen LogP contribution in [0.15, 0.2) is 47.6 Å². The molecule has 3 rings (SSSR count). The lowest BCUT2D eigenvalue weighted by Crippen LogP contribution is -2.17. The van der Waals surface area contributed by atoms with Crippen LogP contribution in [0.1, 0.15) is 61.8 Å². The van der Waals surface area contributed by atoms with E-state index in [-0.39, 0.29) is 10.8 Å². The summed E-state index contributed by atoms with van der Waals surface area (Å²) < 4.78 is 41.9. The Morgan fingerprint density at radius 3 is 2.09 bits per heavy atom. The number of nitrogens with one attached hydrogen (secondary N) is 2. The first-order valence-electron chi connectivity index (χ1n) is 10.5. The van der Waals surface area contributed by atoms with E-state index in [0.717, 1.165) is 28.8 Å². The molecular formula is C24H29FN4O2S. The van der Waals surface area contributed by atoms with E-state index in [1.807, 2.05) is 33.9 Å². The van der Waals surface area contributed by atoms with Crippen LogP contribution in [0.25, 0.3) is 0 Å². The Balaban J connectivity index is 2.01. The van der Waals surface area contributed by atoms with Crippen molar-refractivity contribution in [1.82, 2.24) is 9.97 Å². The standard InChI is InChI=1S/C24H29FN4O2S/c1-14(2)18-11-16(5)23(26-12-18)28-24-17(6)22(21(13-27-24)15(3)4)29-32(30,31)20-9-7-19(25)8-10-20/h7-15H,1-6H3,(H2,26,27,28,29). The second-order valence-electron chi connectivity index (χ2n) is 8.49. The van der Waals surface area contributed by atoms with Crippen molar-refractivity contribution in [2.75, 3.05) is 10.0 Å². The topological polar surface area (TPSA) is 84.0 Å². The summed E-state index contributed by atoms with van der Waals surface area (Å²) >= 11 is 0. The van der Waals surface area contributed by atoms with Crippen LogP contribution in [-0.2, 0) is 10.0 Å². The van der Waals surface area contributed by atoms with Gasteiger partial charge >= 0.3 is 0 Å². The zero-order valence-corrected chi connectivity index (χ0v) is 20.0. The maximum absolute atomic E-state index is 13.3. The molecule has 2 heterocycles. The van der Waals surface area contributed by atoms with E-state index in [1.165, 1.54) is 12.1 Å². The average molecular weight is 457 g/mol. The van der Waals surface area contributed by atoms with Gasteiger partial charge in [-0.05, 0) is 66.6 Å². The Morgan fingerprint density at radius 1 is 0.906 bits per heavy atom. The van der Waals surface area contributed by atoms with Gasteiger partial charge in [0.15, 0.2) is 0 Å². The summed E-state index contributed by atoms with van der Waals surface area (Å²) in [4.78, 5) is 9.05. The lowest BCUT2D eigenvalue weighted by molar-refractivity contribution is 0.599. The number of hydrogen-bond acceptors (Lipinski definition) is 5. The van der Waals surface area contributed by atoms with Crippen molar-refractivity contribution < 1.29 is 12.8 Å². The molecule has 0 unspecified atom stereocenters. The molecule has 32 heavy (non-hydrogen) atoms. The number of aryl methyl sites for hydroxylation is 1. The van der Waals surface area contributed by atoms with Gasteiger partial charge < -0.3 is 5.32 Å². The molecule has 0 aliphatic rings. The molecule has 0 spiro atoms. The van der Waals surface area contributed by atoms with E-state index in [9.17, 15) is 12.8 Å². The molecule has 0 saturated carbocycles. The monoisotopic (exact) mass is 456 g/mol. The van der Waals surface area contributed by atoms with Gasteiger partial charge in [0.25, 0.3) is 10.0 Å². The van der Waals surface area contributed by atoms with Crippen molar-refractivity contribution in [3.05, 3.63) is 70.8 Å². The summed E-state index contributed by atoms with van der Waals surface area (Å²) in [6.07, 6.45) is 3.50. The number of pyridine rings is 2. The smallest absolute Gasteiger partial charge is 0.261 e. The Labute approximate surface area is 189 Å². The minimum atomic E-state index is -3.91. The number of aromatic nitrogens is 2. The van der Waals surface area contributed by atoms with Crippen LogP contribution in [0.4, 0.5) is 21.7 Å². The highest BCUT2D eigenvalue weighted by atomic mass is 32.2. The summed E-state index contributed by atoms with van der Waals surface area (Å²) in [5.41, 5.74) is 3.98. The summed E-state index contributed by atoms with van der Waals surface area (Å²) in [6, 6.07) is 6.81. The zero-order chi connectivity index (χ0) is 23.6. The Bertz CT molecular complexity index is 1220. The summed E-state index contributed by atoms with van der Waals surface area (Å²) in [6.45, 7) is 11.9. The van der Waals surface area contributed by atoms with Crippen LogP contribution in [0.2, 0.25) is 0 Å². The quantitative estimate of drug-likeness (QED) is 0.454. The van der Waals surface area contributed by atoms with Crippen molar-refractivity contribution in [1.29, 1.82) is 0 Å². The number of hydrogen-bond donors (Lipinski definition) is 2. The molecule has 2 N–H and O–H groups in total. The fraction of sp³-hybridized carbons (Fsp3) is 0.333. The number of rotatable bonds is 7. The van der Waals surface area contributed by atoms with Crippen LogP contribution < -0.4 is 10.0 Å². The van der Waals surface area contributed by atoms with Crippen LogP contribution in [0.3, 0.4) is 0 Å². The highest BCUT2D eigenvalue weighted by Crippen LogP contribution is 2.34. The summed E-state index contributed by atoms with van der Waals surface area (Å²) in [5.74, 6) is 1.08. The fourth-order valence-electron chi connectivity index (χ4n) is 3.29. The molecule has 170 valence electrons. The van der Waals surface area contributed by atoms with Gasteiger partial charge in [-0.2, -0.15) is 0 Å². The van der Waals surface area contributed by atoms with Gasteiger partial charge in [0.2, 0.25) is 0 Å². The maximum atomic E-state index is 13.3. The van der Waals surface area contributed by atoms with Crippen LogP contribution in [0.5, 0.6) is 0 Å².